The van der Waals surface area contributed by atoms with E-state index in [1.54, 1.807) is 47.5 Å². The fourth-order valence-corrected chi connectivity index (χ4v) is 6.01. The Morgan fingerprint density at radius 2 is 2.13 bits per heavy atom. The van der Waals surface area contributed by atoms with Gasteiger partial charge in [0.25, 0.3) is 5.91 Å². The number of carbonyl (C=O) groups excluding carboxylic acids is 1. The van der Waals surface area contributed by atoms with Gasteiger partial charge in [0.15, 0.2) is 0 Å². The molecule has 0 spiro atoms. The first-order valence-electron chi connectivity index (χ1n) is 9.81. The minimum Gasteiger partial charge on any atom is -0.325 e. The highest BCUT2D eigenvalue weighted by Crippen LogP contribution is 2.48. The zero-order chi connectivity index (χ0) is 21.2. The van der Waals surface area contributed by atoms with Gasteiger partial charge in [-0.25, -0.2) is 9.97 Å². The predicted octanol–water partition coefficient (Wildman–Crippen LogP) is 5.13. The molecule has 4 heterocycles. The van der Waals surface area contributed by atoms with Gasteiger partial charge in [-0.2, -0.15) is 0 Å². The Balaban J connectivity index is 1.60. The quantitative estimate of drug-likeness (QED) is 0.371. The lowest BCUT2D eigenvalue weighted by molar-refractivity contribution is 0.0658. The summed E-state index contributed by atoms with van der Waals surface area (Å²) in [4.78, 5) is 33.8. The normalized spacial score (nSPS) is 20.8. The Labute approximate surface area is 196 Å². The van der Waals surface area contributed by atoms with Crippen LogP contribution in [0.15, 0.2) is 69.8 Å². The van der Waals surface area contributed by atoms with E-state index < -0.39 is 0 Å². The number of aromatic nitrogens is 4. The first kappa shape index (κ1) is 20.4. The van der Waals surface area contributed by atoms with Gasteiger partial charge in [-0.3, -0.25) is 14.8 Å². The molecule has 31 heavy (non-hydrogen) atoms. The summed E-state index contributed by atoms with van der Waals surface area (Å²) >= 11 is 6.64. The van der Waals surface area contributed by atoms with Crippen molar-refractivity contribution in [2.45, 2.75) is 30.8 Å². The largest absolute Gasteiger partial charge is 0.325 e. The predicted molar refractivity (Wildman–Crippen MR) is 124 cm³/mol. The van der Waals surface area contributed by atoms with Gasteiger partial charge < -0.3 is 4.90 Å². The van der Waals surface area contributed by atoms with Crippen LogP contribution >= 0.6 is 38.6 Å². The SMILES string of the molecule is O=C(c1cccc(Br)c1)N1C(Cc2cscn2)C[C@H](c2cnccn2)[C@@H]1c1nccs1. The fraction of sp³-hybridized carbons (Fsp3) is 0.227. The third kappa shape index (κ3) is 4.17. The topological polar surface area (TPSA) is 71.9 Å². The van der Waals surface area contributed by atoms with Crippen LogP contribution in [0, 0.1) is 0 Å². The molecule has 0 saturated carbocycles. The number of benzene rings is 1. The van der Waals surface area contributed by atoms with Gasteiger partial charge in [0.2, 0.25) is 0 Å². The van der Waals surface area contributed by atoms with Crippen molar-refractivity contribution in [1.82, 2.24) is 24.8 Å². The van der Waals surface area contributed by atoms with Gasteiger partial charge >= 0.3 is 0 Å². The van der Waals surface area contributed by atoms with Gasteiger partial charge in [-0.1, -0.05) is 22.0 Å². The summed E-state index contributed by atoms with van der Waals surface area (Å²) in [5, 5.41) is 4.92. The van der Waals surface area contributed by atoms with E-state index in [0.29, 0.717) is 12.0 Å². The van der Waals surface area contributed by atoms with E-state index in [4.69, 9.17) is 0 Å². The zero-order valence-corrected chi connectivity index (χ0v) is 19.6. The molecule has 5 rings (SSSR count). The van der Waals surface area contributed by atoms with Crippen LogP contribution in [0.25, 0.3) is 0 Å². The number of hydrogen-bond acceptors (Lipinski definition) is 7. The number of amides is 1. The number of rotatable bonds is 5. The van der Waals surface area contributed by atoms with E-state index in [1.165, 1.54) is 0 Å². The Hall–Kier alpha value is -2.49. The number of hydrogen-bond donors (Lipinski definition) is 0. The van der Waals surface area contributed by atoms with Crippen LogP contribution in [0.4, 0.5) is 0 Å². The van der Waals surface area contributed by atoms with Crippen LogP contribution in [0.5, 0.6) is 0 Å². The molecule has 1 amide bonds. The first-order chi connectivity index (χ1) is 15.2. The minimum atomic E-state index is -0.202. The lowest BCUT2D eigenvalue weighted by Crippen LogP contribution is -2.39. The minimum absolute atomic E-state index is 0.00637. The van der Waals surface area contributed by atoms with E-state index >= 15 is 0 Å². The lowest BCUT2D eigenvalue weighted by Gasteiger charge is -2.30. The molecule has 1 aliphatic heterocycles. The Morgan fingerprint density at radius 1 is 1.19 bits per heavy atom. The Kier molecular flexibility index (Phi) is 5.89. The zero-order valence-electron chi connectivity index (χ0n) is 16.3. The fourth-order valence-electron chi connectivity index (χ4n) is 4.24. The maximum absolute atomic E-state index is 13.8. The number of thiazole rings is 2. The highest BCUT2D eigenvalue weighted by Gasteiger charge is 2.47. The summed E-state index contributed by atoms with van der Waals surface area (Å²) in [5.74, 6) is 0.00714. The number of nitrogens with zero attached hydrogens (tertiary/aromatic N) is 5. The smallest absolute Gasteiger partial charge is 0.254 e. The second kappa shape index (κ2) is 8.94. The Morgan fingerprint density at radius 3 is 2.84 bits per heavy atom. The molecule has 1 aromatic carbocycles. The summed E-state index contributed by atoms with van der Waals surface area (Å²) in [6, 6.07) is 7.33. The summed E-state index contributed by atoms with van der Waals surface area (Å²) in [5.41, 5.74) is 4.37. The number of likely N-dealkylation sites (tertiary alicyclic amines) is 1. The molecular formula is C22H18BrN5OS2. The van der Waals surface area contributed by atoms with E-state index in [0.717, 1.165) is 27.3 Å². The van der Waals surface area contributed by atoms with Crippen molar-refractivity contribution in [2.75, 3.05) is 0 Å². The van der Waals surface area contributed by atoms with E-state index in [9.17, 15) is 4.79 Å². The van der Waals surface area contributed by atoms with Crippen molar-refractivity contribution in [1.29, 1.82) is 0 Å². The van der Waals surface area contributed by atoms with Crippen LogP contribution in [-0.4, -0.2) is 36.8 Å². The molecule has 1 saturated heterocycles. The van der Waals surface area contributed by atoms with E-state index in [2.05, 4.69) is 41.2 Å². The van der Waals surface area contributed by atoms with Gasteiger partial charge in [0.1, 0.15) is 5.01 Å². The highest BCUT2D eigenvalue weighted by molar-refractivity contribution is 9.10. The second-order valence-electron chi connectivity index (χ2n) is 7.35. The van der Waals surface area contributed by atoms with Crippen LogP contribution in [0.1, 0.15) is 45.1 Å². The third-order valence-corrected chi connectivity index (χ3v) is 7.48. The molecule has 0 N–H and O–H groups in total. The lowest BCUT2D eigenvalue weighted by atomic mass is 9.95. The van der Waals surface area contributed by atoms with Gasteiger partial charge in [0, 0.05) is 64.0 Å². The maximum Gasteiger partial charge on any atom is 0.254 e. The van der Waals surface area contributed by atoms with E-state index in [-0.39, 0.29) is 23.9 Å². The highest BCUT2D eigenvalue weighted by atomic mass is 79.9. The first-order valence-corrected chi connectivity index (χ1v) is 12.4. The second-order valence-corrected chi connectivity index (χ2v) is 9.91. The number of carbonyl (C=O) groups is 1. The van der Waals surface area contributed by atoms with Crippen LogP contribution < -0.4 is 0 Å². The molecule has 4 aromatic rings. The standard InChI is InChI=1S/C22H18BrN5OS2/c23-15-3-1-2-14(8-15)22(29)28-17(9-16-12-30-13-27-16)10-18(19-11-24-4-5-25-19)20(28)21-26-6-7-31-21/h1-8,11-13,17-18,20H,9-10H2/t17?,18-,20-/m1/s1. The summed E-state index contributed by atoms with van der Waals surface area (Å²) < 4.78 is 0.880. The molecule has 3 atom stereocenters. The molecule has 1 fully saturated rings. The van der Waals surface area contributed by atoms with Crippen molar-refractivity contribution >= 4 is 44.5 Å². The monoisotopic (exact) mass is 511 g/mol. The van der Waals surface area contributed by atoms with Crippen LogP contribution in [0.3, 0.4) is 0 Å². The molecule has 0 aliphatic carbocycles. The molecule has 9 heteroatoms. The molecule has 3 aromatic heterocycles. The van der Waals surface area contributed by atoms with Gasteiger partial charge in [-0.05, 0) is 24.6 Å². The molecule has 0 radical (unpaired) electrons. The molecule has 1 aliphatic rings. The third-order valence-electron chi connectivity index (χ3n) is 5.50. The number of halogens is 1. The molecule has 1 unspecified atom stereocenters. The molecule has 156 valence electrons. The Bertz CT molecular complexity index is 1150. The average Bonchev–Trinajstić information content (AvgIpc) is 3.55. The van der Waals surface area contributed by atoms with E-state index in [1.807, 2.05) is 40.1 Å². The summed E-state index contributed by atoms with van der Waals surface area (Å²) in [6.45, 7) is 0. The van der Waals surface area contributed by atoms with Crippen molar-refractivity contribution < 1.29 is 4.79 Å². The van der Waals surface area contributed by atoms with Crippen LogP contribution in [-0.2, 0) is 6.42 Å². The van der Waals surface area contributed by atoms with Crippen molar-refractivity contribution in [2.24, 2.45) is 0 Å². The van der Waals surface area contributed by atoms with Crippen molar-refractivity contribution in [3.8, 4) is 0 Å². The summed E-state index contributed by atoms with van der Waals surface area (Å²) in [7, 11) is 0. The van der Waals surface area contributed by atoms with Crippen molar-refractivity contribution in [3.05, 3.63) is 91.8 Å². The average molecular weight is 512 g/mol. The van der Waals surface area contributed by atoms with Crippen molar-refractivity contribution in [3.63, 3.8) is 0 Å². The molecule has 6 nitrogen and oxygen atoms in total. The molecular weight excluding hydrogens is 494 g/mol. The van der Waals surface area contributed by atoms with Crippen LogP contribution in [0.2, 0.25) is 0 Å². The van der Waals surface area contributed by atoms with Gasteiger partial charge in [-0.15, -0.1) is 22.7 Å². The molecule has 0 bridgehead atoms. The summed E-state index contributed by atoms with van der Waals surface area (Å²) in [6.07, 6.45) is 8.46. The van der Waals surface area contributed by atoms with Gasteiger partial charge in [0.05, 0.1) is 22.9 Å². The maximum atomic E-state index is 13.8.